The number of aromatic hydroxyl groups is 1. The number of hydrogen-bond donors (Lipinski definition) is 2. The molecule has 0 unspecified atom stereocenters. The molecule has 98 valence electrons. The number of halogens is 1. The van der Waals surface area contributed by atoms with Crippen LogP contribution in [0.2, 0.25) is 0 Å². The fourth-order valence-corrected chi connectivity index (χ4v) is 2.10. The molecule has 0 atom stereocenters. The number of phenols is 1. The molecule has 2 aromatic rings. The van der Waals surface area contributed by atoms with Crippen LogP contribution in [0.4, 0.5) is 5.69 Å². The molecule has 0 saturated heterocycles. The van der Waals surface area contributed by atoms with Gasteiger partial charge in [-0.25, -0.2) is 0 Å². The Morgan fingerprint density at radius 2 is 1.89 bits per heavy atom. The Labute approximate surface area is 120 Å². The number of carbonyl (C=O) groups excluding carboxylic acids is 1. The summed E-state index contributed by atoms with van der Waals surface area (Å²) in [7, 11) is 0. The number of aryl methyl sites for hydroxylation is 2. The number of phenolic OH excluding ortho intramolecular Hbond substituents is 1. The molecule has 0 aliphatic heterocycles. The average molecular weight is 320 g/mol. The maximum absolute atomic E-state index is 12.1. The number of rotatable bonds is 2. The molecule has 1 amide bonds. The summed E-state index contributed by atoms with van der Waals surface area (Å²) >= 11 is 3.45. The second-order valence-corrected chi connectivity index (χ2v) is 5.18. The minimum atomic E-state index is -0.200. The van der Waals surface area contributed by atoms with Crippen LogP contribution in [-0.2, 0) is 0 Å². The molecule has 0 spiro atoms. The first-order valence-corrected chi connectivity index (χ1v) is 6.64. The van der Waals surface area contributed by atoms with Crippen molar-refractivity contribution in [2.75, 3.05) is 5.32 Å². The van der Waals surface area contributed by atoms with Crippen LogP contribution in [0.3, 0.4) is 0 Å². The minimum absolute atomic E-state index is 0.188. The zero-order valence-corrected chi connectivity index (χ0v) is 12.3. The van der Waals surface area contributed by atoms with E-state index in [0.717, 1.165) is 15.7 Å². The summed E-state index contributed by atoms with van der Waals surface area (Å²) in [4.78, 5) is 12.1. The molecule has 0 aliphatic rings. The highest BCUT2D eigenvalue weighted by Gasteiger charge is 2.10. The van der Waals surface area contributed by atoms with Crippen molar-refractivity contribution in [3.8, 4) is 5.75 Å². The molecule has 0 heterocycles. The second kappa shape index (κ2) is 5.45. The number of amides is 1. The van der Waals surface area contributed by atoms with Gasteiger partial charge in [0.1, 0.15) is 5.75 Å². The first-order valence-electron chi connectivity index (χ1n) is 5.85. The van der Waals surface area contributed by atoms with Crippen LogP contribution in [0.5, 0.6) is 5.75 Å². The lowest BCUT2D eigenvalue weighted by molar-refractivity contribution is 0.102. The van der Waals surface area contributed by atoms with E-state index in [9.17, 15) is 9.90 Å². The van der Waals surface area contributed by atoms with E-state index in [0.29, 0.717) is 11.1 Å². The lowest BCUT2D eigenvalue weighted by Crippen LogP contribution is -2.12. The van der Waals surface area contributed by atoms with Gasteiger partial charge >= 0.3 is 0 Å². The summed E-state index contributed by atoms with van der Waals surface area (Å²) in [5.74, 6) is -0.0114. The molecule has 2 rings (SSSR count). The van der Waals surface area contributed by atoms with E-state index in [1.165, 1.54) is 6.07 Å². The molecular formula is C15H14BrNO2. The molecule has 2 N–H and O–H groups in total. The Morgan fingerprint density at radius 3 is 2.58 bits per heavy atom. The summed E-state index contributed by atoms with van der Waals surface area (Å²) < 4.78 is 0.874. The standard InChI is InChI=1S/C15H14BrNO2/c1-9-4-3-5-12(14(9)16)17-15(19)11-6-7-13(18)10(2)8-11/h3-8,18H,1-2H3,(H,17,19). The van der Waals surface area contributed by atoms with E-state index in [2.05, 4.69) is 21.2 Å². The van der Waals surface area contributed by atoms with E-state index >= 15 is 0 Å². The fraction of sp³-hybridized carbons (Fsp3) is 0.133. The van der Waals surface area contributed by atoms with Crippen LogP contribution < -0.4 is 5.32 Å². The highest BCUT2D eigenvalue weighted by atomic mass is 79.9. The van der Waals surface area contributed by atoms with Gasteiger partial charge in [0.2, 0.25) is 0 Å². The normalized spacial score (nSPS) is 10.3. The van der Waals surface area contributed by atoms with Gasteiger partial charge in [-0.3, -0.25) is 4.79 Å². The summed E-state index contributed by atoms with van der Waals surface area (Å²) in [6, 6.07) is 10.5. The molecule has 0 radical (unpaired) electrons. The van der Waals surface area contributed by atoms with Crippen LogP contribution >= 0.6 is 15.9 Å². The van der Waals surface area contributed by atoms with Gasteiger partial charge in [0.05, 0.1) is 5.69 Å². The molecule has 0 saturated carbocycles. The SMILES string of the molecule is Cc1cc(C(=O)Nc2cccc(C)c2Br)ccc1O. The van der Waals surface area contributed by atoms with Crippen molar-refractivity contribution in [3.05, 3.63) is 57.6 Å². The predicted octanol–water partition coefficient (Wildman–Crippen LogP) is 4.02. The highest BCUT2D eigenvalue weighted by molar-refractivity contribution is 9.10. The van der Waals surface area contributed by atoms with E-state index in [-0.39, 0.29) is 11.7 Å². The van der Waals surface area contributed by atoms with Crippen molar-refractivity contribution in [2.24, 2.45) is 0 Å². The first-order chi connectivity index (χ1) is 8.99. The third-order valence-electron chi connectivity index (χ3n) is 2.90. The van der Waals surface area contributed by atoms with Crippen molar-refractivity contribution >= 4 is 27.5 Å². The van der Waals surface area contributed by atoms with Gasteiger partial charge in [0.25, 0.3) is 5.91 Å². The predicted molar refractivity (Wildman–Crippen MR) is 79.7 cm³/mol. The molecule has 0 aromatic heterocycles. The Bertz CT molecular complexity index is 638. The van der Waals surface area contributed by atoms with Gasteiger partial charge in [-0.05, 0) is 65.2 Å². The number of nitrogens with one attached hydrogen (secondary N) is 1. The van der Waals surface area contributed by atoms with Crippen LogP contribution in [-0.4, -0.2) is 11.0 Å². The fourth-order valence-electron chi connectivity index (χ4n) is 1.74. The Morgan fingerprint density at radius 1 is 1.16 bits per heavy atom. The smallest absolute Gasteiger partial charge is 0.255 e. The molecule has 4 heteroatoms. The van der Waals surface area contributed by atoms with Crippen LogP contribution in [0.1, 0.15) is 21.5 Å². The average Bonchev–Trinajstić information content (AvgIpc) is 2.38. The molecule has 19 heavy (non-hydrogen) atoms. The largest absolute Gasteiger partial charge is 0.508 e. The zero-order chi connectivity index (χ0) is 14.0. The Balaban J connectivity index is 2.26. The number of carbonyl (C=O) groups is 1. The van der Waals surface area contributed by atoms with E-state index in [1.807, 2.05) is 25.1 Å². The molecule has 0 fully saturated rings. The van der Waals surface area contributed by atoms with Crippen LogP contribution in [0, 0.1) is 13.8 Å². The Kier molecular flexibility index (Phi) is 3.90. The van der Waals surface area contributed by atoms with Gasteiger partial charge < -0.3 is 10.4 Å². The van der Waals surface area contributed by atoms with Gasteiger partial charge in [-0.1, -0.05) is 12.1 Å². The minimum Gasteiger partial charge on any atom is -0.508 e. The third-order valence-corrected chi connectivity index (χ3v) is 3.95. The number of benzene rings is 2. The van der Waals surface area contributed by atoms with Crippen molar-refractivity contribution in [1.29, 1.82) is 0 Å². The molecule has 3 nitrogen and oxygen atoms in total. The molecular weight excluding hydrogens is 306 g/mol. The van der Waals surface area contributed by atoms with Crippen molar-refractivity contribution in [1.82, 2.24) is 0 Å². The van der Waals surface area contributed by atoms with E-state index in [4.69, 9.17) is 0 Å². The van der Waals surface area contributed by atoms with Crippen molar-refractivity contribution in [2.45, 2.75) is 13.8 Å². The monoisotopic (exact) mass is 319 g/mol. The lowest BCUT2D eigenvalue weighted by atomic mass is 10.1. The zero-order valence-electron chi connectivity index (χ0n) is 10.7. The molecule has 2 aromatic carbocycles. The summed E-state index contributed by atoms with van der Waals surface area (Å²) in [5, 5.41) is 12.3. The van der Waals surface area contributed by atoms with Crippen molar-refractivity contribution < 1.29 is 9.90 Å². The number of anilines is 1. The van der Waals surface area contributed by atoms with Crippen LogP contribution in [0.15, 0.2) is 40.9 Å². The van der Waals surface area contributed by atoms with Crippen LogP contribution in [0.25, 0.3) is 0 Å². The summed E-state index contributed by atoms with van der Waals surface area (Å²) in [6.45, 7) is 3.72. The first kappa shape index (κ1) is 13.6. The van der Waals surface area contributed by atoms with Gasteiger partial charge in [-0.2, -0.15) is 0 Å². The Hall–Kier alpha value is -1.81. The molecule has 0 aliphatic carbocycles. The lowest BCUT2D eigenvalue weighted by Gasteiger charge is -2.10. The van der Waals surface area contributed by atoms with Gasteiger partial charge in [0, 0.05) is 10.0 Å². The van der Waals surface area contributed by atoms with E-state index < -0.39 is 0 Å². The maximum atomic E-state index is 12.1. The maximum Gasteiger partial charge on any atom is 0.255 e. The molecule has 0 bridgehead atoms. The second-order valence-electron chi connectivity index (χ2n) is 4.39. The highest BCUT2D eigenvalue weighted by Crippen LogP contribution is 2.26. The van der Waals surface area contributed by atoms with E-state index in [1.54, 1.807) is 19.1 Å². The van der Waals surface area contributed by atoms with Crippen molar-refractivity contribution in [3.63, 3.8) is 0 Å². The van der Waals surface area contributed by atoms with Gasteiger partial charge in [0.15, 0.2) is 0 Å². The number of hydrogen-bond acceptors (Lipinski definition) is 2. The van der Waals surface area contributed by atoms with Gasteiger partial charge in [-0.15, -0.1) is 0 Å². The topological polar surface area (TPSA) is 49.3 Å². The summed E-state index contributed by atoms with van der Waals surface area (Å²) in [6.07, 6.45) is 0. The summed E-state index contributed by atoms with van der Waals surface area (Å²) in [5.41, 5.74) is 2.98. The third kappa shape index (κ3) is 2.96. The quantitative estimate of drug-likeness (QED) is 0.878.